The van der Waals surface area contributed by atoms with Gasteiger partial charge in [-0.25, -0.2) is 4.98 Å². The molecule has 4 heteroatoms. The van der Waals surface area contributed by atoms with E-state index in [9.17, 15) is 0 Å². The Morgan fingerprint density at radius 1 is 1.29 bits per heavy atom. The van der Waals surface area contributed by atoms with Gasteiger partial charge in [0.2, 0.25) is 5.95 Å². The van der Waals surface area contributed by atoms with Gasteiger partial charge in [0.1, 0.15) is 10.8 Å². The zero-order chi connectivity index (χ0) is 12.0. The van der Waals surface area contributed by atoms with E-state index in [1.54, 1.807) is 4.57 Å². The fourth-order valence-corrected chi connectivity index (χ4v) is 2.64. The van der Waals surface area contributed by atoms with E-state index >= 15 is 0 Å². The topological polar surface area (TPSA) is 43.8 Å². The van der Waals surface area contributed by atoms with Crippen LogP contribution in [-0.4, -0.2) is 9.55 Å². The van der Waals surface area contributed by atoms with Gasteiger partial charge in [-0.05, 0) is 36.5 Å². The Morgan fingerprint density at radius 2 is 2.06 bits per heavy atom. The quantitative estimate of drug-likeness (QED) is 0.842. The Hall–Kier alpha value is -1.48. The third kappa shape index (κ3) is 1.62. The number of nitrogens with zero attached hydrogens (tertiary/aromatic N) is 2. The van der Waals surface area contributed by atoms with Gasteiger partial charge in [-0.1, -0.05) is 23.7 Å². The summed E-state index contributed by atoms with van der Waals surface area (Å²) in [5.74, 6) is 0.450. The molecule has 1 aromatic carbocycles. The van der Waals surface area contributed by atoms with Crippen molar-refractivity contribution in [2.24, 2.45) is 7.05 Å². The normalized spacial score (nSPS) is 14.0. The highest BCUT2D eigenvalue weighted by Crippen LogP contribution is 2.32. The lowest BCUT2D eigenvalue weighted by Crippen LogP contribution is -1.96. The Labute approximate surface area is 105 Å². The number of aromatic nitrogens is 2. The first-order valence-corrected chi connectivity index (χ1v) is 6.14. The van der Waals surface area contributed by atoms with Gasteiger partial charge in [0.25, 0.3) is 0 Å². The van der Waals surface area contributed by atoms with E-state index in [1.807, 2.05) is 7.05 Å². The molecule has 0 fully saturated rings. The maximum absolute atomic E-state index is 6.22. The lowest BCUT2D eigenvalue weighted by Gasteiger charge is -2.03. The molecule has 0 saturated carbocycles. The summed E-state index contributed by atoms with van der Waals surface area (Å²) in [5.41, 5.74) is 10.5. The molecule has 1 heterocycles. The van der Waals surface area contributed by atoms with Gasteiger partial charge < -0.3 is 10.3 Å². The number of rotatable bonds is 1. The fraction of sp³-hybridized carbons (Fsp3) is 0.308. The molecule has 2 aromatic rings. The Balaban J connectivity index is 2.12. The van der Waals surface area contributed by atoms with Crippen molar-refractivity contribution in [1.29, 1.82) is 0 Å². The molecule has 1 aliphatic rings. The molecule has 1 aromatic heterocycles. The highest BCUT2D eigenvalue weighted by molar-refractivity contribution is 6.32. The van der Waals surface area contributed by atoms with Gasteiger partial charge in [-0.15, -0.1) is 0 Å². The average Bonchev–Trinajstić information content (AvgIpc) is 2.89. The van der Waals surface area contributed by atoms with E-state index in [0.717, 1.165) is 17.7 Å². The Kier molecular flexibility index (Phi) is 2.37. The van der Waals surface area contributed by atoms with E-state index in [4.69, 9.17) is 17.3 Å². The number of nitrogen functional groups attached to an aromatic ring is 1. The number of hydrogen-bond acceptors (Lipinski definition) is 2. The summed E-state index contributed by atoms with van der Waals surface area (Å²) in [6.07, 6.45) is 3.59. The lowest BCUT2D eigenvalue weighted by atomic mass is 10.0. The number of nitrogens with two attached hydrogens (primary N) is 1. The molecule has 17 heavy (non-hydrogen) atoms. The number of imidazole rings is 1. The first kappa shape index (κ1) is 10.7. The van der Waals surface area contributed by atoms with Crippen LogP contribution in [0.4, 0.5) is 5.95 Å². The van der Waals surface area contributed by atoms with E-state index < -0.39 is 0 Å². The second-order valence-corrected chi connectivity index (χ2v) is 4.86. The minimum absolute atomic E-state index is 0.450. The van der Waals surface area contributed by atoms with Crippen molar-refractivity contribution in [3.63, 3.8) is 0 Å². The van der Waals surface area contributed by atoms with Crippen LogP contribution in [0.25, 0.3) is 11.3 Å². The molecule has 1 aliphatic carbocycles. The lowest BCUT2D eigenvalue weighted by molar-refractivity contribution is 0.912. The minimum Gasteiger partial charge on any atom is -0.369 e. The average molecular weight is 248 g/mol. The zero-order valence-corrected chi connectivity index (χ0v) is 10.5. The van der Waals surface area contributed by atoms with Crippen molar-refractivity contribution in [3.05, 3.63) is 34.5 Å². The third-order valence-corrected chi connectivity index (χ3v) is 3.86. The third-order valence-electron chi connectivity index (χ3n) is 3.43. The summed E-state index contributed by atoms with van der Waals surface area (Å²) in [4.78, 5) is 4.31. The van der Waals surface area contributed by atoms with Crippen LogP contribution >= 0.6 is 11.6 Å². The number of fused-ring (bicyclic) bond motifs is 1. The molecule has 3 rings (SSSR count). The first-order chi connectivity index (χ1) is 8.16. The van der Waals surface area contributed by atoms with Crippen LogP contribution < -0.4 is 5.73 Å². The van der Waals surface area contributed by atoms with Crippen LogP contribution in [0.5, 0.6) is 0 Å². The van der Waals surface area contributed by atoms with Crippen LogP contribution in [0.2, 0.25) is 5.15 Å². The van der Waals surface area contributed by atoms with Gasteiger partial charge in [0, 0.05) is 12.6 Å². The maximum atomic E-state index is 6.22. The predicted molar refractivity (Wildman–Crippen MR) is 70.1 cm³/mol. The van der Waals surface area contributed by atoms with E-state index in [0.29, 0.717) is 11.1 Å². The van der Waals surface area contributed by atoms with Crippen LogP contribution in [0, 0.1) is 0 Å². The van der Waals surface area contributed by atoms with Crippen molar-refractivity contribution in [1.82, 2.24) is 9.55 Å². The Bertz CT molecular complexity index is 587. The SMILES string of the molecule is Cn1c(N)nc(-c2ccc3c(c2)CCC3)c1Cl. The van der Waals surface area contributed by atoms with Gasteiger partial charge in [-0.3, -0.25) is 0 Å². The molecular weight excluding hydrogens is 234 g/mol. The van der Waals surface area contributed by atoms with Crippen LogP contribution in [0.15, 0.2) is 18.2 Å². The highest BCUT2D eigenvalue weighted by atomic mass is 35.5. The van der Waals surface area contributed by atoms with Crippen LogP contribution in [0.3, 0.4) is 0 Å². The van der Waals surface area contributed by atoms with E-state index in [1.165, 1.54) is 24.0 Å². The molecule has 88 valence electrons. The molecule has 0 aliphatic heterocycles. The second-order valence-electron chi connectivity index (χ2n) is 4.51. The maximum Gasteiger partial charge on any atom is 0.201 e. The summed E-state index contributed by atoms with van der Waals surface area (Å²) >= 11 is 6.22. The van der Waals surface area contributed by atoms with Gasteiger partial charge in [0.05, 0.1) is 0 Å². The number of halogens is 1. The largest absolute Gasteiger partial charge is 0.369 e. The van der Waals surface area contributed by atoms with Crippen LogP contribution in [0.1, 0.15) is 17.5 Å². The molecular formula is C13H14ClN3. The number of anilines is 1. The minimum atomic E-state index is 0.450. The summed E-state index contributed by atoms with van der Waals surface area (Å²) in [5, 5.41) is 0.598. The smallest absolute Gasteiger partial charge is 0.201 e. The zero-order valence-electron chi connectivity index (χ0n) is 9.70. The molecule has 0 spiro atoms. The second kappa shape index (κ2) is 3.77. The van der Waals surface area contributed by atoms with Crippen molar-refractivity contribution in [3.8, 4) is 11.3 Å². The number of hydrogen-bond donors (Lipinski definition) is 1. The van der Waals surface area contributed by atoms with Gasteiger partial charge >= 0.3 is 0 Å². The molecule has 0 saturated heterocycles. The molecule has 2 N–H and O–H groups in total. The molecule has 0 atom stereocenters. The van der Waals surface area contributed by atoms with Crippen molar-refractivity contribution in [2.75, 3.05) is 5.73 Å². The summed E-state index contributed by atoms with van der Waals surface area (Å²) in [7, 11) is 1.82. The van der Waals surface area contributed by atoms with Crippen molar-refractivity contribution < 1.29 is 0 Å². The van der Waals surface area contributed by atoms with Crippen LogP contribution in [-0.2, 0) is 19.9 Å². The standard InChI is InChI=1S/C13H14ClN3/c1-17-12(14)11(16-13(17)15)10-6-5-8-3-2-4-9(8)7-10/h5-7H,2-4H2,1H3,(H2,15,16). The molecule has 0 unspecified atom stereocenters. The molecule has 0 radical (unpaired) electrons. The highest BCUT2D eigenvalue weighted by Gasteiger charge is 2.16. The monoisotopic (exact) mass is 247 g/mol. The molecule has 0 amide bonds. The first-order valence-electron chi connectivity index (χ1n) is 5.76. The van der Waals surface area contributed by atoms with Gasteiger partial charge in [-0.2, -0.15) is 0 Å². The van der Waals surface area contributed by atoms with E-state index in [-0.39, 0.29) is 0 Å². The summed E-state index contributed by atoms with van der Waals surface area (Å²) in [6, 6.07) is 6.45. The number of aryl methyl sites for hydroxylation is 2. The molecule has 3 nitrogen and oxygen atoms in total. The van der Waals surface area contributed by atoms with E-state index in [2.05, 4.69) is 23.2 Å². The van der Waals surface area contributed by atoms with Gasteiger partial charge in [0.15, 0.2) is 0 Å². The fourth-order valence-electron chi connectivity index (χ4n) is 2.40. The molecule has 0 bridgehead atoms. The predicted octanol–water partition coefficient (Wildman–Crippen LogP) is 2.81. The van der Waals surface area contributed by atoms with Crippen molar-refractivity contribution >= 4 is 17.5 Å². The Morgan fingerprint density at radius 3 is 2.76 bits per heavy atom. The number of benzene rings is 1. The van der Waals surface area contributed by atoms with Crippen molar-refractivity contribution in [2.45, 2.75) is 19.3 Å². The summed E-state index contributed by atoms with van der Waals surface area (Å²) in [6.45, 7) is 0. The summed E-state index contributed by atoms with van der Waals surface area (Å²) < 4.78 is 1.70.